The van der Waals surface area contributed by atoms with E-state index in [1.54, 1.807) is 0 Å². The van der Waals surface area contributed by atoms with Crippen molar-refractivity contribution in [2.75, 3.05) is 0 Å². The van der Waals surface area contributed by atoms with Gasteiger partial charge in [0.15, 0.2) is 0 Å². The summed E-state index contributed by atoms with van der Waals surface area (Å²) in [5, 5.41) is 0. The molecule has 0 spiro atoms. The Hall–Kier alpha value is -0.0400. The van der Waals surface area contributed by atoms with Crippen LogP contribution in [0.15, 0.2) is 0 Å². The molecule has 1 rings (SSSR count). The zero-order valence-electron chi connectivity index (χ0n) is 9.42. The maximum absolute atomic E-state index is 6.13. The van der Waals surface area contributed by atoms with Crippen LogP contribution in [0.4, 0.5) is 0 Å². The molecule has 1 nitrogen and oxygen atoms in total. The molecule has 0 aromatic heterocycles. The molecule has 78 valence electrons. The normalized spacial score (nSPS) is 35.3. The molecular weight excluding hydrogens is 158 g/mol. The van der Waals surface area contributed by atoms with Crippen LogP contribution in [-0.2, 0) is 0 Å². The summed E-state index contributed by atoms with van der Waals surface area (Å²) in [5.41, 5.74) is 6.13. The maximum atomic E-state index is 6.13. The first kappa shape index (κ1) is 11.0. The van der Waals surface area contributed by atoms with Crippen LogP contribution in [0.25, 0.3) is 0 Å². The molecule has 1 aliphatic carbocycles. The molecule has 0 saturated heterocycles. The third kappa shape index (κ3) is 2.98. The molecule has 1 fully saturated rings. The number of hydrogen-bond acceptors (Lipinski definition) is 1. The zero-order valence-corrected chi connectivity index (χ0v) is 9.42. The van der Waals surface area contributed by atoms with Crippen LogP contribution in [0.1, 0.15) is 52.9 Å². The molecule has 0 bridgehead atoms. The van der Waals surface area contributed by atoms with E-state index in [1.165, 1.54) is 32.1 Å². The smallest absolute Gasteiger partial charge is 0.00673 e. The lowest BCUT2D eigenvalue weighted by molar-refractivity contribution is 0.181. The summed E-state index contributed by atoms with van der Waals surface area (Å²) in [5.74, 6) is 2.61. The van der Waals surface area contributed by atoms with E-state index in [-0.39, 0.29) is 0 Å². The monoisotopic (exact) mass is 183 g/mol. The molecule has 1 aliphatic rings. The first-order valence-corrected chi connectivity index (χ1v) is 5.90. The molecule has 1 saturated carbocycles. The first-order valence-electron chi connectivity index (χ1n) is 5.90. The van der Waals surface area contributed by atoms with Crippen LogP contribution < -0.4 is 5.73 Å². The van der Waals surface area contributed by atoms with Gasteiger partial charge in [-0.1, -0.05) is 27.2 Å². The van der Waals surface area contributed by atoms with Crippen LogP contribution in [0.3, 0.4) is 0 Å². The van der Waals surface area contributed by atoms with Gasteiger partial charge in [0.2, 0.25) is 0 Å². The molecule has 13 heavy (non-hydrogen) atoms. The van der Waals surface area contributed by atoms with E-state index in [2.05, 4.69) is 20.8 Å². The van der Waals surface area contributed by atoms with Crippen molar-refractivity contribution < 1.29 is 0 Å². The van der Waals surface area contributed by atoms with Crippen molar-refractivity contribution in [3.05, 3.63) is 0 Å². The fraction of sp³-hybridized carbons (Fsp3) is 1.00. The molecule has 3 atom stereocenters. The standard InChI is InChI=1S/C12H25N/c1-4-5-11-8-10(9(2)3)6-7-12(11)13/h9-12H,4-8,13H2,1-3H3. The number of rotatable bonds is 3. The van der Waals surface area contributed by atoms with E-state index in [0.717, 1.165) is 17.8 Å². The Bertz CT molecular complexity index is 142. The van der Waals surface area contributed by atoms with Crippen LogP contribution in [-0.4, -0.2) is 6.04 Å². The summed E-state index contributed by atoms with van der Waals surface area (Å²) < 4.78 is 0. The zero-order chi connectivity index (χ0) is 9.84. The molecule has 0 aromatic carbocycles. The molecule has 1 heteroatoms. The summed E-state index contributed by atoms with van der Waals surface area (Å²) in [6.07, 6.45) is 6.63. The van der Waals surface area contributed by atoms with Crippen molar-refractivity contribution in [1.82, 2.24) is 0 Å². The lowest BCUT2D eigenvalue weighted by Crippen LogP contribution is -2.37. The predicted molar refractivity (Wildman–Crippen MR) is 58.6 cm³/mol. The Kier molecular flexibility index (Phi) is 4.24. The Morgan fingerprint density at radius 1 is 1.31 bits per heavy atom. The summed E-state index contributed by atoms with van der Waals surface area (Å²) in [6, 6.07) is 0.495. The SMILES string of the molecule is CCCC1CC(C(C)C)CCC1N. The Morgan fingerprint density at radius 2 is 2.00 bits per heavy atom. The van der Waals surface area contributed by atoms with E-state index < -0.39 is 0 Å². The number of nitrogens with two attached hydrogens (primary N) is 1. The van der Waals surface area contributed by atoms with Crippen molar-refractivity contribution in [3.63, 3.8) is 0 Å². The van der Waals surface area contributed by atoms with Crippen molar-refractivity contribution in [1.29, 1.82) is 0 Å². The van der Waals surface area contributed by atoms with E-state index in [0.29, 0.717) is 6.04 Å². The third-order valence-electron chi connectivity index (χ3n) is 3.68. The van der Waals surface area contributed by atoms with Gasteiger partial charge < -0.3 is 5.73 Å². The molecular formula is C12H25N. The predicted octanol–water partition coefficient (Wildman–Crippen LogP) is 3.19. The van der Waals surface area contributed by atoms with Crippen LogP contribution in [0, 0.1) is 17.8 Å². The van der Waals surface area contributed by atoms with Crippen molar-refractivity contribution in [2.45, 2.75) is 58.9 Å². The van der Waals surface area contributed by atoms with Gasteiger partial charge in [-0.3, -0.25) is 0 Å². The quantitative estimate of drug-likeness (QED) is 0.714. The fourth-order valence-corrected chi connectivity index (χ4v) is 2.63. The van der Waals surface area contributed by atoms with E-state index >= 15 is 0 Å². The van der Waals surface area contributed by atoms with Gasteiger partial charge in [0, 0.05) is 6.04 Å². The highest BCUT2D eigenvalue weighted by Gasteiger charge is 2.28. The van der Waals surface area contributed by atoms with Crippen LogP contribution in [0.2, 0.25) is 0 Å². The Balaban J connectivity index is 2.42. The van der Waals surface area contributed by atoms with E-state index in [4.69, 9.17) is 5.73 Å². The van der Waals surface area contributed by atoms with Gasteiger partial charge in [-0.15, -0.1) is 0 Å². The maximum Gasteiger partial charge on any atom is 0.00673 e. The van der Waals surface area contributed by atoms with Gasteiger partial charge in [0.25, 0.3) is 0 Å². The second kappa shape index (κ2) is 4.99. The molecule has 2 N–H and O–H groups in total. The number of hydrogen-bond donors (Lipinski definition) is 1. The van der Waals surface area contributed by atoms with Gasteiger partial charge in [0.1, 0.15) is 0 Å². The topological polar surface area (TPSA) is 26.0 Å². The van der Waals surface area contributed by atoms with Gasteiger partial charge in [-0.05, 0) is 43.4 Å². The second-order valence-corrected chi connectivity index (χ2v) is 5.03. The summed E-state index contributed by atoms with van der Waals surface area (Å²) in [7, 11) is 0. The Morgan fingerprint density at radius 3 is 2.54 bits per heavy atom. The average Bonchev–Trinajstić information content (AvgIpc) is 2.08. The molecule has 0 heterocycles. The van der Waals surface area contributed by atoms with Crippen LogP contribution in [0.5, 0.6) is 0 Å². The van der Waals surface area contributed by atoms with Gasteiger partial charge in [-0.2, -0.15) is 0 Å². The summed E-state index contributed by atoms with van der Waals surface area (Å²) >= 11 is 0. The van der Waals surface area contributed by atoms with Gasteiger partial charge in [-0.25, -0.2) is 0 Å². The third-order valence-corrected chi connectivity index (χ3v) is 3.68. The minimum absolute atomic E-state index is 0.495. The highest BCUT2D eigenvalue weighted by Crippen LogP contribution is 2.35. The van der Waals surface area contributed by atoms with Gasteiger partial charge in [0.05, 0.1) is 0 Å². The summed E-state index contributed by atoms with van der Waals surface area (Å²) in [4.78, 5) is 0. The first-order chi connectivity index (χ1) is 6.15. The Labute approximate surface area is 83.1 Å². The lowest BCUT2D eigenvalue weighted by Gasteiger charge is -2.36. The lowest BCUT2D eigenvalue weighted by atomic mass is 9.72. The molecule has 0 aromatic rings. The average molecular weight is 183 g/mol. The molecule has 0 aliphatic heterocycles. The highest BCUT2D eigenvalue weighted by molar-refractivity contribution is 4.83. The summed E-state index contributed by atoms with van der Waals surface area (Å²) in [6.45, 7) is 6.97. The van der Waals surface area contributed by atoms with Crippen molar-refractivity contribution in [2.24, 2.45) is 23.5 Å². The van der Waals surface area contributed by atoms with Crippen molar-refractivity contribution >= 4 is 0 Å². The fourth-order valence-electron chi connectivity index (χ4n) is 2.63. The highest BCUT2D eigenvalue weighted by atomic mass is 14.7. The largest absolute Gasteiger partial charge is 0.327 e. The van der Waals surface area contributed by atoms with Crippen LogP contribution >= 0.6 is 0 Å². The minimum Gasteiger partial charge on any atom is -0.327 e. The second-order valence-electron chi connectivity index (χ2n) is 5.03. The van der Waals surface area contributed by atoms with E-state index in [9.17, 15) is 0 Å². The molecule has 3 unspecified atom stereocenters. The van der Waals surface area contributed by atoms with E-state index in [1.807, 2.05) is 0 Å². The minimum atomic E-state index is 0.495. The van der Waals surface area contributed by atoms with Gasteiger partial charge >= 0.3 is 0 Å². The van der Waals surface area contributed by atoms with Crippen molar-refractivity contribution in [3.8, 4) is 0 Å². The molecule has 0 radical (unpaired) electrons. The molecule has 0 amide bonds.